The first-order chi connectivity index (χ1) is 8.60. The predicted molar refractivity (Wildman–Crippen MR) is 72.9 cm³/mol. The van der Waals surface area contributed by atoms with Gasteiger partial charge in [-0.05, 0) is 42.5 Å². The molecular formula is C14H10Cl2O2. The van der Waals surface area contributed by atoms with E-state index in [-0.39, 0.29) is 5.78 Å². The fourth-order valence-electron chi connectivity index (χ4n) is 1.59. The minimum atomic E-state index is -0.123. The van der Waals surface area contributed by atoms with E-state index in [2.05, 4.69) is 0 Å². The summed E-state index contributed by atoms with van der Waals surface area (Å²) < 4.78 is 5.04. The average molecular weight is 281 g/mol. The molecule has 4 heteroatoms. The zero-order valence-corrected chi connectivity index (χ0v) is 11.1. The molecule has 0 atom stereocenters. The normalized spacial score (nSPS) is 10.2. The van der Waals surface area contributed by atoms with Crippen LogP contribution in [0.25, 0.3) is 0 Å². The summed E-state index contributed by atoms with van der Waals surface area (Å²) in [5.74, 6) is 0.581. The van der Waals surface area contributed by atoms with E-state index in [1.54, 1.807) is 49.6 Å². The summed E-state index contributed by atoms with van der Waals surface area (Å²) in [5.41, 5.74) is 1.03. The van der Waals surface area contributed by atoms with Crippen molar-refractivity contribution in [2.75, 3.05) is 7.11 Å². The number of halogens is 2. The molecule has 2 nitrogen and oxygen atoms in total. The minimum absolute atomic E-state index is 0.123. The molecule has 18 heavy (non-hydrogen) atoms. The van der Waals surface area contributed by atoms with Crippen molar-refractivity contribution in [2.24, 2.45) is 0 Å². The molecule has 0 aliphatic carbocycles. The lowest BCUT2D eigenvalue weighted by Gasteiger charge is -2.04. The molecule has 2 aromatic carbocycles. The monoisotopic (exact) mass is 280 g/mol. The van der Waals surface area contributed by atoms with Crippen molar-refractivity contribution in [3.63, 3.8) is 0 Å². The summed E-state index contributed by atoms with van der Waals surface area (Å²) in [4.78, 5) is 12.2. The molecular weight excluding hydrogens is 271 g/mol. The molecule has 0 spiro atoms. The Kier molecular flexibility index (Phi) is 3.90. The van der Waals surface area contributed by atoms with Gasteiger partial charge in [-0.3, -0.25) is 4.79 Å². The number of hydrogen-bond acceptors (Lipinski definition) is 2. The van der Waals surface area contributed by atoms with Crippen molar-refractivity contribution in [3.05, 3.63) is 63.6 Å². The third kappa shape index (κ3) is 2.84. The molecule has 92 valence electrons. The number of methoxy groups -OCH3 is 1. The summed E-state index contributed by atoms with van der Waals surface area (Å²) in [6.45, 7) is 0. The van der Waals surface area contributed by atoms with Crippen LogP contribution in [0.3, 0.4) is 0 Å². The predicted octanol–water partition coefficient (Wildman–Crippen LogP) is 4.23. The van der Waals surface area contributed by atoms with E-state index in [9.17, 15) is 4.79 Å². The maximum Gasteiger partial charge on any atom is 0.193 e. The summed E-state index contributed by atoms with van der Waals surface area (Å²) in [6.07, 6.45) is 0. The lowest BCUT2D eigenvalue weighted by molar-refractivity contribution is 0.103. The van der Waals surface area contributed by atoms with E-state index in [1.807, 2.05) is 0 Å². The summed E-state index contributed by atoms with van der Waals surface area (Å²) >= 11 is 11.7. The highest BCUT2D eigenvalue weighted by Gasteiger charge is 2.10. The van der Waals surface area contributed by atoms with Crippen LogP contribution in [0.15, 0.2) is 42.5 Å². The first-order valence-electron chi connectivity index (χ1n) is 5.25. The highest BCUT2D eigenvalue weighted by molar-refractivity contribution is 6.35. The molecule has 0 unspecified atom stereocenters. The molecule has 0 aliphatic heterocycles. The van der Waals surface area contributed by atoms with Crippen LogP contribution >= 0.6 is 23.2 Å². The first-order valence-corrected chi connectivity index (χ1v) is 6.00. The van der Waals surface area contributed by atoms with Crippen molar-refractivity contribution >= 4 is 29.0 Å². The van der Waals surface area contributed by atoms with E-state index in [0.717, 1.165) is 0 Å². The van der Waals surface area contributed by atoms with Crippen molar-refractivity contribution < 1.29 is 9.53 Å². The van der Waals surface area contributed by atoms with Gasteiger partial charge in [0.15, 0.2) is 5.78 Å². The largest absolute Gasteiger partial charge is 0.497 e. The van der Waals surface area contributed by atoms with Gasteiger partial charge in [-0.2, -0.15) is 0 Å². The van der Waals surface area contributed by atoms with Crippen LogP contribution in [0.5, 0.6) is 5.75 Å². The molecule has 0 radical (unpaired) electrons. The number of ketones is 1. The quantitative estimate of drug-likeness (QED) is 0.787. The number of carbonyl (C=O) groups is 1. The number of hydrogen-bond donors (Lipinski definition) is 0. The van der Waals surface area contributed by atoms with Gasteiger partial charge < -0.3 is 4.74 Å². The fraction of sp³-hybridized carbons (Fsp3) is 0.0714. The first kappa shape index (κ1) is 12.9. The van der Waals surface area contributed by atoms with Gasteiger partial charge >= 0.3 is 0 Å². The van der Waals surface area contributed by atoms with Gasteiger partial charge in [0.1, 0.15) is 5.75 Å². The Morgan fingerprint density at radius 1 is 0.944 bits per heavy atom. The molecule has 2 rings (SSSR count). The van der Waals surface area contributed by atoms with E-state index in [0.29, 0.717) is 26.9 Å². The summed E-state index contributed by atoms with van der Waals surface area (Å²) in [7, 11) is 1.58. The topological polar surface area (TPSA) is 26.3 Å². The molecule has 2 aromatic rings. The third-order valence-corrected chi connectivity index (χ3v) is 2.91. The Morgan fingerprint density at radius 3 is 2.00 bits per heavy atom. The van der Waals surface area contributed by atoms with E-state index < -0.39 is 0 Å². The van der Waals surface area contributed by atoms with Crippen LogP contribution in [-0.4, -0.2) is 12.9 Å². The number of ether oxygens (including phenoxy) is 1. The smallest absolute Gasteiger partial charge is 0.193 e. The highest BCUT2D eigenvalue weighted by atomic mass is 35.5. The van der Waals surface area contributed by atoms with Crippen molar-refractivity contribution in [1.82, 2.24) is 0 Å². The lowest BCUT2D eigenvalue weighted by Crippen LogP contribution is -2.01. The van der Waals surface area contributed by atoms with Gasteiger partial charge in [-0.1, -0.05) is 23.2 Å². The van der Waals surface area contributed by atoms with Crippen LogP contribution in [-0.2, 0) is 0 Å². The van der Waals surface area contributed by atoms with Gasteiger partial charge in [-0.25, -0.2) is 0 Å². The Labute approximate surface area is 115 Å². The molecule has 0 saturated carbocycles. The van der Waals surface area contributed by atoms with Crippen LogP contribution < -0.4 is 4.74 Å². The second kappa shape index (κ2) is 5.42. The molecule has 0 aliphatic rings. The highest BCUT2D eigenvalue weighted by Crippen LogP contribution is 2.22. The minimum Gasteiger partial charge on any atom is -0.497 e. The second-order valence-corrected chi connectivity index (χ2v) is 4.59. The van der Waals surface area contributed by atoms with Crippen molar-refractivity contribution in [2.45, 2.75) is 0 Å². The van der Waals surface area contributed by atoms with Crippen LogP contribution in [0.2, 0.25) is 10.0 Å². The Hall–Kier alpha value is -1.51. The Balaban J connectivity index is 2.34. The van der Waals surface area contributed by atoms with Gasteiger partial charge in [-0.15, -0.1) is 0 Å². The summed E-state index contributed by atoms with van der Waals surface area (Å²) in [5, 5.41) is 0.888. The maximum atomic E-state index is 12.2. The average Bonchev–Trinajstić information content (AvgIpc) is 2.37. The molecule has 0 saturated heterocycles. The molecule has 0 heterocycles. The number of rotatable bonds is 3. The van der Waals surface area contributed by atoms with Gasteiger partial charge in [0.2, 0.25) is 0 Å². The molecule has 0 aromatic heterocycles. The second-order valence-electron chi connectivity index (χ2n) is 3.72. The van der Waals surface area contributed by atoms with Crippen molar-refractivity contribution in [3.8, 4) is 5.75 Å². The number of benzene rings is 2. The van der Waals surface area contributed by atoms with Crippen molar-refractivity contribution in [1.29, 1.82) is 0 Å². The van der Waals surface area contributed by atoms with Gasteiger partial charge in [0.25, 0.3) is 0 Å². The van der Waals surface area contributed by atoms with Gasteiger partial charge in [0, 0.05) is 21.2 Å². The molecule has 0 N–H and O–H groups in total. The van der Waals surface area contributed by atoms with E-state index >= 15 is 0 Å². The SMILES string of the molecule is COc1ccc(C(=O)c2cc(Cl)cc(Cl)c2)cc1. The zero-order valence-electron chi connectivity index (χ0n) is 9.61. The third-order valence-electron chi connectivity index (χ3n) is 2.48. The Morgan fingerprint density at radius 2 is 1.50 bits per heavy atom. The fourth-order valence-corrected chi connectivity index (χ4v) is 2.12. The van der Waals surface area contributed by atoms with E-state index in [1.165, 1.54) is 0 Å². The van der Waals surface area contributed by atoms with E-state index in [4.69, 9.17) is 27.9 Å². The zero-order chi connectivity index (χ0) is 13.1. The molecule has 0 bridgehead atoms. The Bertz CT molecular complexity index is 557. The molecule has 0 fully saturated rings. The summed E-state index contributed by atoms with van der Waals surface area (Å²) in [6, 6.07) is 11.7. The lowest BCUT2D eigenvalue weighted by atomic mass is 10.0. The van der Waals surface area contributed by atoms with Crippen LogP contribution in [0.1, 0.15) is 15.9 Å². The van der Waals surface area contributed by atoms with Gasteiger partial charge in [0.05, 0.1) is 7.11 Å². The standard InChI is InChI=1S/C14H10Cl2O2/c1-18-13-4-2-9(3-5-13)14(17)10-6-11(15)8-12(16)7-10/h2-8H,1H3. The maximum absolute atomic E-state index is 12.2. The number of carbonyl (C=O) groups excluding carboxylic acids is 1. The van der Waals surface area contributed by atoms with Crippen LogP contribution in [0, 0.1) is 0 Å². The molecule has 0 amide bonds. The van der Waals surface area contributed by atoms with Crippen LogP contribution in [0.4, 0.5) is 0 Å².